The summed E-state index contributed by atoms with van der Waals surface area (Å²) in [7, 11) is 0. The van der Waals surface area contributed by atoms with Gasteiger partial charge < -0.3 is 14.6 Å². The minimum atomic E-state index is -0.979. The molecular formula is C32H32N2O6S. The molecule has 2 heterocycles. The molecule has 1 aliphatic heterocycles. The van der Waals surface area contributed by atoms with Crippen LogP contribution in [0.4, 0.5) is 5.13 Å². The van der Waals surface area contributed by atoms with Gasteiger partial charge in [0.25, 0.3) is 5.91 Å². The van der Waals surface area contributed by atoms with Crippen molar-refractivity contribution in [1.82, 2.24) is 4.98 Å². The molecule has 0 bridgehead atoms. The van der Waals surface area contributed by atoms with Crippen LogP contribution < -0.4 is 9.64 Å². The predicted octanol–water partition coefficient (Wildman–Crippen LogP) is 6.55. The molecule has 4 rings (SSSR count). The number of hydrogen-bond acceptors (Lipinski definition) is 8. The van der Waals surface area contributed by atoms with Crippen LogP contribution in [0.1, 0.15) is 58.7 Å². The highest BCUT2D eigenvalue weighted by Crippen LogP contribution is 2.43. The van der Waals surface area contributed by atoms with Crippen molar-refractivity contribution >= 4 is 40.2 Å². The summed E-state index contributed by atoms with van der Waals surface area (Å²) in [5.41, 5.74) is 1.65. The summed E-state index contributed by atoms with van der Waals surface area (Å²) < 4.78 is 11.0. The standard InChI is InChI=1S/C32H32N2O6S/c1-4-6-10-20-39-24-16-14-23(15-17-24)27-26(25(35)18-13-22-11-8-7-9-12-22)28(36)30(37)34(27)32-33-21(3)29(41-32)31(38)40-19-5-2/h5,7-9,11-18,27,36H,2,4,6,10,19-20H2,1,3H3. The second-order valence-corrected chi connectivity index (χ2v) is 10.3. The van der Waals surface area contributed by atoms with Crippen molar-refractivity contribution in [3.05, 3.63) is 106 Å². The number of aryl methyl sites for hydroxylation is 1. The maximum Gasteiger partial charge on any atom is 0.350 e. The van der Waals surface area contributed by atoms with Crippen LogP contribution >= 0.6 is 11.3 Å². The van der Waals surface area contributed by atoms with E-state index in [0.29, 0.717) is 23.6 Å². The van der Waals surface area contributed by atoms with Crippen molar-refractivity contribution in [3.8, 4) is 5.75 Å². The van der Waals surface area contributed by atoms with Crippen LogP contribution in [0.5, 0.6) is 5.75 Å². The number of amides is 1. The highest BCUT2D eigenvalue weighted by molar-refractivity contribution is 7.17. The average Bonchev–Trinajstić information content (AvgIpc) is 3.49. The first-order chi connectivity index (χ1) is 19.8. The molecule has 212 valence electrons. The van der Waals surface area contributed by atoms with Gasteiger partial charge in [-0.2, -0.15) is 0 Å². The zero-order chi connectivity index (χ0) is 29.4. The monoisotopic (exact) mass is 572 g/mol. The van der Waals surface area contributed by atoms with Gasteiger partial charge in [0, 0.05) is 0 Å². The highest BCUT2D eigenvalue weighted by Gasteiger charge is 2.45. The molecule has 1 amide bonds. The van der Waals surface area contributed by atoms with E-state index in [1.54, 1.807) is 37.3 Å². The highest BCUT2D eigenvalue weighted by atomic mass is 32.1. The van der Waals surface area contributed by atoms with E-state index in [-0.39, 0.29) is 22.2 Å². The second-order valence-electron chi connectivity index (χ2n) is 9.37. The van der Waals surface area contributed by atoms with Gasteiger partial charge in [0.2, 0.25) is 0 Å². The third-order valence-corrected chi connectivity index (χ3v) is 7.56. The Morgan fingerprint density at radius 3 is 2.54 bits per heavy atom. The number of carbonyl (C=O) groups excluding carboxylic acids is 3. The molecule has 0 aliphatic carbocycles. The number of nitrogens with zero attached hydrogens (tertiary/aromatic N) is 2. The molecule has 1 aliphatic rings. The van der Waals surface area contributed by atoms with Crippen LogP contribution in [0.2, 0.25) is 0 Å². The number of benzene rings is 2. The number of esters is 1. The van der Waals surface area contributed by atoms with E-state index < -0.39 is 29.5 Å². The Bertz CT molecular complexity index is 1470. The first-order valence-corrected chi connectivity index (χ1v) is 14.2. The van der Waals surface area contributed by atoms with Crippen molar-refractivity contribution in [2.24, 2.45) is 0 Å². The van der Waals surface area contributed by atoms with Crippen LogP contribution in [0.3, 0.4) is 0 Å². The van der Waals surface area contributed by atoms with E-state index in [1.807, 2.05) is 30.3 Å². The molecule has 1 unspecified atom stereocenters. The van der Waals surface area contributed by atoms with Gasteiger partial charge in [-0.3, -0.25) is 14.5 Å². The number of hydrogen-bond donors (Lipinski definition) is 1. The molecule has 0 spiro atoms. The number of thiazole rings is 1. The number of ether oxygens (including phenoxy) is 2. The number of ketones is 1. The van der Waals surface area contributed by atoms with Crippen LogP contribution in [-0.4, -0.2) is 41.0 Å². The Labute approximate surface area is 243 Å². The number of unbranched alkanes of at least 4 members (excludes halogenated alkanes) is 2. The molecule has 1 aromatic heterocycles. The van der Waals surface area contributed by atoms with Crippen molar-refractivity contribution in [1.29, 1.82) is 0 Å². The zero-order valence-electron chi connectivity index (χ0n) is 23.0. The van der Waals surface area contributed by atoms with Gasteiger partial charge in [-0.15, -0.1) is 0 Å². The van der Waals surface area contributed by atoms with Crippen LogP contribution in [0, 0.1) is 6.92 Å². The third-order valence-electron chi connectivity index (χ3n) is 6.42. The molecule has 0 saturated carbocycles. The quantitative estimate of drug-likeness (QED) is 0.107. The molecule has 0 fully saturated rings. The molecule has 9 heteroatoms. The number of aliphatic hydroxyl groups excluding tert-OH is 1. The van der Waals surface area contributed by atoms with E-state index in [1.165, 1.54) is 17.1 Å². The SMILES string of the molecule is C=CCOC(=O)c1sc(N2C(=O)C(O)=C(C(=O)C=Cc3ccccc3)C2c2ccc(OCCCCC)cc2)nc1C. The van der Waals surface area contributed by atoms with E-state index in [9.17, 15) is 19.5 Å². The Balaban J connectivity index is 1.71. The lowest BCUT2D eigenvalue weighted by atomic mass is 9.95. The van der Waals surface area contributed by atoms with E-state index >= 15 is 0 Å². The van der Waals surface area contributed by atoms with E-state index in [4.69, 9.17) is 9.47 Å². The second kappa shape index (κ2) is 13.7. The maximum atomic E-state index is 13.5. The van der Waals surface area contributed by atoms with Gasteiger partial charge in [0.15, 0.2) is 16.7 Å². The fraction of sp³-hybridized carbons (Fsp3) is 0.250. The smallest absolute Gasteiger partial charge is 0.350 e. The lowest BCUT2D eigenvalue weighted by Crippen LogP contribution is -2.30. The number of allylic oxidation sites excluding steroid dienone is 1. The predicted molar refractivity (Wildman–Crippen MR) is 159 cm³/mol. The summed E-state index contributed by atoms with van der Waals surface area (Å²) in [5.74, 6) is -1.92. The summed E-state index contributed by atoms with van der Waals surface area (Å²) in [4.78, 5) is 45.4. The van der Waals surface area contributed by atoms with Gasteiger partial charge in [-0.1, -0.05) is 92.3 Å². The number of aromatic nitrogens is 1. The average molecular weight is 573 g/mol. The summed E-state index contributed by atoms with van der Waals surface area (Å²) in [6.45, 7) is 7.91. The lowest BCUT2D eigenvalue weighted by Gasteiger charge is -2.24. The van der Waals surface area contributed by atoms with E-state index in [2.05, 4.69) is 18.5 Å². The van der Waals surface area contributed by atoms with Gasteiger partial charge in [0.05, 0.1) is 23.9 Å². The summed E-state index contributed by atoms with van der Waals surface area (Å²) in [6.07, 6.45) is 7.51. The molecule has 3 aromatic rings. The van der Waals surface area contributed by atoms with Crippen molar-refractivity contribution in [2.75, 3.05) is 18.1 Å². The van der Waals surface area contributed by atoms with E-state index in [0.717, 1.165) is 36.2 Å². The molecule has 2 aromatic carbocycles. The largest absolute Gasteiger partial charge is 0.503 e. The third kappa shape index (κ3) is 6.81. The van der Waals surface area contributed by atoms with Crippen molar-refractivity contribution in [2.45, 2.75) is 39.2 Å². The molecule has 0 saturated heterocycles. The normalized spacial score (nSPS) is 15.0. The topological polar surface area (TPSA) is 106 Å². The molecule has 0 radical (unpaired) electrons. The lowest BCUT2D eigenvalue weighted by molar-refractivity contribution is -0.117. The van der Waals surface area contributed by atoms with Crippen LogP contribution in [-0.2, 0) is 14.3 Å². The Kier molecular flexibility index (Phi) is 9.86. The molecule has 41 heavy (non-hydrogen) atoms. The zero-order valence-corrected chi connectivity index (χ0v) is 23.9. The Hall–Kier alpha value is -4.50. The number of carbonyl (C=O) groups is 3. The van der Waals surface area contributed by atoms with Crippen molar-refractivity contribution in [3.63, 3.8) is 0 Å². The van der Waals surface area contributed by atoms with Gasteiger partial charge >= 0.3 is 5.97 Å². The first kappa shape index (κ1) is 29.5. The fourth-order valence-corrected chi connectivity index (χ4v) is 5.35. The number of anilines is 1. The van der Waals surface area contributed by atoms with Crippen LogP contribution in [0.15, 0.2) is 84.7 Å². The minimum absolute atomic E-state index is 0.0262. The first-order valence-electron chi connectivity index (χ1n) is 13.4. The molecule has 8 nitrogen and oxygen atoms in total. The molecule has 1 atom stereocenters. The van der Waals surface area contributed by atoms with Crippen LogP contribution in [0.25, 0.3) is 6.08 Å². The van der Waals surface area contributed by atoms with Gasteiger partial charge in [-0.25, -0.2) is 9.78 Å². The number of aliphatic hydroxyl groups is 1. The molecular weight excluding hydrogens is 540 g/mol. The molecule has 1 N–H and O–H groups in total. The fourth-order valence-electron chi connectivity index (χ4n) is 4.36. The summed E-state index contributed by atoms with van der Waals surface area (Å²) in [5, 5.41) is 11.2. The summed E-state index contributed by atoms with van der Waals surface area (Å²) >= 11 is 0.956. The number of rotatable bonds is 13. The Morgan fingerprint density at radius 2 is 1.85 bits per heavy atom. The maximum absolute atomic E-state index is 13.5. The Morgan fingerprint density at radius 1 is 1.12 bits per heavy atom. The summed E-state index contributed by atoms with van der Waals surface area (Å²) in [6, 6.07) is 15.3. The van der Waals surface area contributed by atoms with Crippen molar-refractivity contribution < 1.29 is 29.0 Å². The van der Waals surface area contributed by atoms with Gasteiger partial charge in [-0.05, 0) is 42.7 Å². The van der Waals surface area contributed by atoms with Gasteiger partial charge in [0.1, 0.15) is 17.2 Å². The minimum Gasteiger partial charge on any atom is -0.503 e.